The molecule has 0 fully saturated rings. The van der Waals surface area contributed by atoms with E-state index in [0.29, 0.717) is 5.95 Å². The molecule has 0 saturated carbocycles. The van der Waals surface area contributed by atoms with Crippen molar-refractivity contribution < 1.29 is 4.42 Å². The van der Waals surface area contributed by atoms with Crippen LogP contribution in [0.1, 0.15) is 11.3 Å². The summed E-state index contributed by atoms with van der Waals surface area (Å²) in [5.41, 5.74) is 3.75. The van der Waals surface area contributed by atoms with Crippen molar-refractivity contribution in [2.75, 3.05) is 12.4 Å². The van der Waals surface area contributed by atoms with Crippen LogP contribution in [0.3, 0.4) is 0 Å². The maximum atomic E-state index is 5.92. The van der Waals surface area contributed by atoms with E-state index in [2.05, 4.69) is 15.3 Å². The molecule has 0 aliphatic heterocycles. The zero-order valence-corrected chi connectivity index (χ0v) is 11.2. The summed E-state index contributed by atoms with van der Waals surface area (Å²) in [6.07, 6.45) is 0. The van der Waals surface area contributed by atoms with Gasteiger partial charge in [0.1, 0.15) is 11.3 Å². The minimum absolute atomic E-state index is 0.604. The number of para-hydroxylation sites is 1. The summed E-state index contributed by atoms with van der Waals surface area (Å²) in [6.45, 7) is 3.99. The van der Waals surface area contributed by atoms with Gasteiger partial charge >= 0.3 is 0 Å². The standard InChI is InChI=1S/C15H15N3O/c1-9-5-4-6-11-8-13(19-14(9)11)12-7-10(2)17-15(16-3)18-12/h4-8H,1-3H3,(H,16,17,18). The predicted octanol–water partition coefficient (Wildman–Crippen LogP) is 3.55. The van der Waals surface area contributed by atoms with Gasteiger partial charge in [0.2, 0.25) is 5.95 Å². The minimum Gasteiger partial charge on any atom is -0.454 e. The summed E-state index contributed by atoms with van der Waals surface area (Å²) in [5.74, 6) is 1.37. The number of nitrogens with one attached hydrogen (secondary N) is 1. The van der Waals surface area contributed by atoms with Crippen LogP contribution in [0.15, 0.2) is 34.7 Å². The summed E-state index contributed by atoms with van der Waals surface area (Å²) >= 11 is 0. The van der Waals surface area contributed by atoms with E-state index in [-0.39, 0.29) is 0 Å². The summed E-state index contributed by atoms with van der Waals surface area (Å²) in [4.78, 5) is 8.72. The second-order valence-corrected chi connectivity index (χ2v) is 4.57. The summed E-state index contributed by atoms with van der Waals surface area (Å²) in [5, 5.41) is 4.05. The lowest BCUT2D eigenvalue weighted by Gasteiger charge is -2.02. The third kappa shape index (κ3) is 2.05. The van der Waals surface area contributed by atoms with Crippen LogP contribution in [0.25, 0.3) is 22.4 Å². The first-order valence-electron chi connectivity index (χ1n) is 6.20. The minimum atomic E-state index is 0.604. The Morgan fingerprint density at radius 1 is 1.11 bits per heavy atom. The van der Waals surface area contributed by atoms with E-state index in [1.54, 1.807) is 7.05 Å². The molecule has 0 spiro atoms. The van der Waals surface area contributed by atoms with E-state index >= 15 is 0 Å². The largest absolute Gasteiger partial charge is 0.454 e. The molecule has 3 aromatic rings. The number of aryl methyl sites for hydroxylation is 2. The molecule has 96 valence electrons. The van der Waals surface area contributed by atoms with Crippen LogP contribution in [0.2, 0.25) is 0 Å². The number of furan rings is 1. The normalized spacial score (nSPS) is 10.9. The Kier molecular flexibility index (Phi) is 2.71. The smallest absolute Gasteiger partial charge is 0.223 e. The SMILES string of the molecule is CNc1nc(C)cc(-c2cc3cccc(C)c3o2)n1. The molecule has 1 aromatic carbocycles. The highest BCUT2D eigenvalue weighted by Crippen LogP contribution is 2.29. The molecule has 1 N–H and O–H groups in total. The maximum Gasteiger partial charge on any atom is 0.223 e. The molecule has 3 rings (SSSR count). The molecule has 0 radical (unpaired) electrons. The Bertz CT molecular complexity index is 746. The Balaban J connectivity index is 2.19. The van der Waals surface area contributed by atoms with E-state index < -0.39 is 0 Å². The fourth-order valence-electron chi connectivity index (χ4n) is 2.14. The van der Waals surface area contributed by atoms with E-state index in [0.717, 1.165) is 33.7 Å². The van der Waals surface area contributed by atoms with Crippen molar-refractivity contribution in [1.82, 2.24) is 9.97 Å². The number of fused-ring (bicyclic) bond motifs is 1. The number of hydrogen-bond acceptors (Lipinski definition) is 4. The van der Waals surface area contributed by atoms with Crippen LogP contribution in [0, 0.1) is 13.8 Å². The Labute approximate surface area is 111 Å². The molecule has 0 bridgehead atoms. The molecular weight excluding hydrogens is 238 g/mol. The van der Waals surface area contributed by atoms with Gasteiger partial charge in [-0.1, -0.05) is 18.2 Å². The summed E-state index contributed by atoms with van der Waals surface area (Å²) in [6, 6.07) is 10.1. The monoisotopic (exact) mass is 253 g/mol. The third-order valence-electron chi connectivity index (χ3n) is 3.07. The van der Waals surface area contributed by atoms with Crippen molar-refractivity contribution >= 4 is 16.9 Å². The highest BCUT2D eigenvalue weighted by atomic mass is 16.3. The molecule has 0 unspecified atom stereocenters. The van der Waals surface area contributed by atoms with Crippen LogP contribution in [-0.2, 0) is 0 Å². The van der Waals surface area contributed by atoms with E-state index in [1.807, 2.05) is 44.2 Å². The summed E-state index contributed by atoms with van der Waals surface area (Å²) < 4.78 is 5.92. The molecule has 2 heterocycles. The summed E-state index contributed by atoms with van der Waals surface area (Å²) in [7, 11) is 1.81. The van der Waals surface area contributed by atoms with Crippen LogP contribution in [-0.4, -0.2) is 17.0 Å². The highest BCUT2D eigenvalue weighted by molar-refractivity contribution is 5.84. The third-order valence-corrected chi connectivity index (χ3v) is 3.07. The van der Waals surface area contributed by atoms with Gasteiger partial charge in [0.25, 0.3) is 0 Å². The van der Waals surface area contributed by atoms with Crippen LogP contribution < -0.4 is 5.32 Å². The first-order chi connectivity index (χ1) is 9.17. The van der Waals surface area contributed by atoms with E-state index in [4.69, 9.17) is 4.42 Å². The van der Waals surface area contributed by atoms with Gasteiger partial charge in [0.15, 0.2) is 5.76 Å². The van der Waals surface area contributed by atoms with Crippen molar-refractivity contribution in [2.24, 2.45) is 0 Å². The van der Waals surface area contributed by atoms with Crippen molar-refractivity contribution in [3.8, 4) is 11.5 Å². The lowest BCUT2D eigenvalue weighted by molar-refractivity contribution is 0.625. The molecule has 2 aromatic heterocycles. The predicted molar refractivity (Wildman–Crippen MR) is 76.3 cm³/mol. The van der Waals surface area contributed by atoms with Gasteiger partial charge in [0.05, 0.1) is 0 Å². The van der Waals surface area contributed by atoms with E-state index in [1.165, 1.54) is 0 Å². The number of hydrogen-bond donors (Lipinski definition) is 1. The maximum absolute atomic E-state index is 5.92. The van der Waals surface area contributed by atoms with Crippen molar-refractivity contribution in [1.29, 1.82) is 0 Å². The molecule has 4 nitrogen and oxygen atoms in total. The molecular formula is C15H15N3O. The Morgan fingerprint density at radius 2 is 1.95 bits per heavy atom. The van der Waals surface area contributed by atoms with Crippen molar-refractivity contribution in [3.63, 3.8) is 0 Å². The van der Waals surface area contributed by atoms with Gasteiger partial charge in [-0.05, 0) is 31.5 Å². The second-order valence-electron chi connectivity index (χ2n) is 4.57. The Hall–Kier alpha value is -2.36. The fourth-order valence-corrected chi connectivity index (χ4v) is 2.14. The molecule has 4 heteroatoms. The van der Waals surface area contributed by atoms with Gasteiger partial charge in [0, 0.05) is 18.1 Å². The number of nitrogens with zero attached hydrogens (tertiary/aromatic N) is 2. The topological polar surface area (TPSA) is 51.0 Å². The Morgan fingerprint density at radius 3 is 2.68 bits per heavy atom. The quantitative estimate of drug-likeness (QED) is 0.758. The van der Waals surface area contributed by atoms with Crippen LogP contribution in [0.5, 0.6) is 0 Å². The van der Waals surface area contributed by atoms with Crippen molar-refractivity contribution in [3.05, 3.63) is 41.6 Å². The van der Waals surface area contributed by atoms with E-state index in [9.17, 15) is 0 Å². The van der Waals surface area contributed by atoms with Gasteiger partial charge < -0.3 is 9.73 Å². The van der Waals surface area contributed by atoms with Gasteiger partial charge in [-0.3, -0.25) is 0 Å². The molecule has 0 saturated heterocycles. The number of benzene rings is 1. The average Bonchev–Trinajstić information content (AvgIpc) is 2.83. The lowest BCUT2D eigenvalue weighted by Crippen LogP contribution is -1.98. The number of aromatic nitrogens is 2. The zero-order valence-electron chi connectivity index (χ0n) is 11.2. The lowest BCUT2D eigenvalue weighted by atomic mass is 10.2. The number of rotatable bonds is 2. The molecule has 19 heavy (non-hydrogen) atoms. The second kappa shape index (κ2) is 4.39. The molecule has 0 amide bonds. The van der Waals surface area contributed by atoms with Crippen LogP contribution in [0.4, 0.5) is 5.95 Å². The molecule has 0 aliphatic carbocycles. The first kappa shape index (κ1) is 11.7. The zero-order chi connectivity index (χ0) is 13.4. The van der Waals surface area contributed by atoms with Gasteiger partial charge in [-0.25, -0.2) is 9.97 Å². The first-order valence-corrected chi connectivity index (χ1v) is 6.20. The van der Waals surface area contributed by atoms with Crippen molar-refractivity contribution in [2.45, 2.75) is 13.8 Å². The van der Waals surface area contributed by atoms with Gasteiger partial charge in [-0.15, -0.1) is 0 Å². The average molecular weight is 253 g/mol. The van der Waals surface area contributed by atoms with Crippen LogP contribution >= 0.6 is 0 Å². The van der Waals surface area contributed by atoms with Gasteiger partial charge in [-0.2, -0.15) is 0 Å². The molecule has 0 aliphatic rings. The highest BCUT2D eigenvalue weighted by Gasteiger charge is 2.10. The molecule has 0 atom stereocenters. The fraction of sp³-hybridized carbons (Fsp3) is 0.200. The number of anilines is 1.